The Kier molecular flexibility index (Phi) is 6.08. The molecule has 0 saturated heterocycles. The Labute approximate surface area is 158 Å². The predicted molar refractivity (Wildman–Crippen MR) is 103 cm³/mol. The van der Waals surface area contributed by atoms with Crippen LogP contribution in [0.2, 0.25) is 5.02 Å². The van der Waals surface area contributed by atoms with Gasteiger partial charge in [-0.25, -0.2) is 4.98 Å². The maximum atomic E-state index is 12.3. The quantitative estimate of drug-likeness (QED) is 0.624. The molecule has 0 aliphatic rings. The highest BCUT2D eigenvalue weighted by Crippen LogP contribution is 2.21. The molecule has 0 aliphatic carbocycles. The monoisotopic (exact) mass is 368 g/mol. The number of benzene rings is 2. The van der Waals surface area contributed by atoms with Crippen LogP contribution in [0.5, 0.6) is 0 Å². The van der Waals surface area contributed by atoms with E-state index in [0.717, 1.165) is 17.5 Å². The normalized spacial score (nSPS) is 11.9. The second-order valence-corrected chi connectivity index (χ2v) is 6.50. The average Bonchev–Trinajstić information content (AvgIpc) is 3.15. The van der Waals surface area contributed by atoms with Crippen LogP contribution in [-0.4, -0.2) is 10.9 Å². The van der Waals surface area contributed by atoms with Crippen LogP contribution >= 0.6 is 11.6 Å². The van der Waals surface area contributed by atoms with Crippen molar-refractivity contribution in [3.63, 3.8) is 0 Å². The molecular formula is C21H21ClN2O2. The highest BCUT2D eigenvalue weighted by molar-refractivity contribution is 6.30. The highest BCUT2D eigenvalue weighted by atomic mass is 35.5. The lowest BCUT2D eigenvalue weighted by Crippen LogP contribution is -2.28. The Morgan fingerprint density at radius 3 is 2.58 bits per heavy atom. The number of oxazole rings is 1. The van der Waals surface area contributed by atoms with Gasteiger partial charge in [0.25, 0.3) is 0 Å². The van der Waals surface area contributed by atoms with Gasteiger partial charge in [-0.1, -0.05) is 61.0 Å². The van der Waals surface area contributed by atoms with Crippen molar-refractivity contribution < 1.29 is 9.21 Å². The van der Waals surface area contributed by atoms with Gasteiger partial charge in [0.2, 0.25) is 5.91 Å². The standard InChI is InChI=1S/C21H21ClN2O2/c1-2-18(15-8-10-17(22)11-9-15)24-20(25)12-13-21-23-14-19(26-21)16-6-4-3-5-7-16/h3-11,14,18H,2,12-13H2,1H3,(H,24,25). The second kappa shape index (κ2) is 8.68. The van der Waals surface area contributed by atoms with Gasteiger partial charge < -0.3 is 9.73 Å². The number of halogens is 1. The van der Waals surface area contributed by atoms with Crippen molar-refractivity contribution in [1.82, 2.24) is 10.3 Å². The molecule has 0 spiro atoms. The molecule has 0 saturated carbocycles. The number of aryl methyl sites for hydroxylation is 1. The SMILES string of the molecule is CCC(NC(=O)CCc1ncc(-c2ccccc2)o1)c1ccc(Cl)cc1. The summed E-state index contributed by atoms with van der Waals surface area (Å²) in [5.74, 6) is 1.26. The zero-order valence-corrected chi connectivity index (χ0v) is 15.4. The Bertz CT molecular complexity index is 844. The lowest BCUT2D eigenvalue weighted by molar-refractivity contribution is -0.121. The molecule has 2 aromatic carbocycles. The van der Waals surface area contributed by atoms with Crippen LogP contribution in [0.25, 0.3) is 11.3 Å². The first-order valence-electron chi connectivity index (χ1n) is 8.70. The molecule has 5 heteroatoms. The fourth-order valence-corrected chi connectivity index (χ4v) is 2.89. The topological polar surface area (TPSA) is 55.1 Å². The summed E-state index contributed by atoms with van der Waals surface area (Å²) in [5.41, 5.74) is 2.03. The molecule has 1 atom stereocenters. The minimum Gasteiger partial charge on any atom is -0.441 e. The van der Waals surface area contributed by atoms with Crippen LogP contribution in [0.1, 0.15) is 37.3 Å². The minimum absolute atomic E-state index is 0.0220. The molecule has 1 heterocycles. The number of rotatable bonds is 7. The van der Waals surface area contributed by atoms with E-state index < -0.39 is 0 Å². The molecule has 0 bridgehead atoms. The van der Waals surface area contributed by atoms with Crippen molar-refractivity contribution in [2.24, 2.45) is 0 Å². The van der Waals surface area contributed by atoms with E-state index in [2.05, 4.69) is 10.3 Å². The lowest BCUT2D eigenvalue weighted by Gasteiger charge is -2.17. The third-order valence-electron chi connectivity index (χ3n) is 4.19. The molecule has 1 unspecified atom stereocenters. The number of carbonyl (C=O) groups excluding carboxylic acids is 1. The molecular weight excluding hydrogens is 348 g/mol. The molecule has 1 aromatic heterocycles. The third kappa shape index (κ3) is 4.73. The molecule has 3 aromatic rings. The van der Waals surface area contributed by atoms with Gasteiger partial charge in [0.15, 0.2) is 11.7 Å². The van der Waals surface area contributed by atoms with Crippen LogP contribution in [0, 0.1) is 0 Å². The first-order valence-corrected chi connectivity index (χ1v) is 9.08. The molecule has 1 N–H and O–H groups in total. The minimum atomic E-state index is -0.0239. The van der Waals surface area contributed by atoms with E-state index in [9.17, 15) is 4.79 Å². The summed E-state index contributed by atoms with van der Waals surface area (Å²) in [6, 6.07) is 17.3. The Morgan fingerprint density at radius 2 is 1.88 bits per heavy atom. The maximum Gasteiger partial charge on any atom is 0.220 e. The summed E-state index contributed by atoms with van der Waals surface area (Å²) in [4.78, 5) is 16.6. The Hall–Kier alpha value is -2.59. The summed E-state index contributed by atoms with van der Waals surface area (Å²) < 4.78 is 5.74. The molecule has 1 amide bonds. The number of nitrogens with one attached hydrogen (secondary N) is 1. The molecule has 134 valence electrons. The van der Waals surface area contributed by atoms with Gasteiger partial charge >= 0.3 is 0 Å². The maximum absolute atomic E-state index is 12.3. The summed E-state index contributed by atoms with van der Waals surface area (Å²) in [6.45, 7) is 2.04. The van der Waals surface area contributed by atoms with Crippen molar-refractivity contribution in [2.75, 3.05) is 0 Å². The van der Waals surface area contributed by atoms with Gasteiger partial charge in [-0.3, -0.25) is 4.79 Å². The van der Waals surface area contributed by atoms with E-state index in [-0.39, 0.29) is 11.9 Å². The van der Waals surface area contributed by atoms with Gasteiger partial charge in [-0.05, 0) is 24.1 Å². The molecule has 0 fully saturated rings. The number of hydrogen-bond donors (Lipinski definition) is 1. The van der Waals surface area contributed by atoms with E-state index in [1.54, 1.807) is 6.20 Å². The molecule has 4 nitrogen and oxygen atoms in total. The van der Waals surface area contributed by atoms with Crippen molar-refractivity contribution >= 4 is 17.5 Å². The molecule has 0 aliphatic heterocycles. The van der Waals surface area contributed by atoms with E-state index in [1.165, 1.54) is 0 Å². The largest absolute Gasteiger partial charge is 0.441 e. The average molecular weight is 369 g/mol. The van der Waals surface area contributed by atoms with Crippen LogP contribution in [-0.2, 0) is 11.2 Å². The van der Waals surface area contributed by atoms with Crippen molar-refractivity contribution in [1.29, 1.82) is 0 Å². The number of aromatic nitrogens is 1. The third-order valence-corrected chi connectivity index (χ3v) is 4.45. The van der Waals surface area contributed by atoms with E-state index in [0.29, 0.717) is 29.5 Å². The number of carbonyl (C=O) groups is 1. The van der Waals surface area contributed by atoms with Crippen molar-refractivity contribution in [2.45, 2.75) is 32.2 Å². The first-order chi connectivity index (χ1) is 12.7. The lowest BCUT2D eigenvalue weighted by atomic mass is 10.0. The number of amides is 1. The van der Waals surface area contributed by atoms with E-state index >= 15 is 0 Å². The van der Waals surface area contributed by atoms with E-state index in [4.69, 9.17) is 16.0 Å². The predicted octanol–water partition coefficient (Wildman–Crippen LogP) is 5.20. The zero-order chi connectivity index (χ0) is 18.4. The van der Waals surface area contributed by atoms with Gasteiger partial charge in [-0.2, -0.15) is 0 Å². The molecule has 26 heavy (non-hydrogen) atoms. The highest BCUT2D eigenvalue weighted by Gasteiger charge is 2.14. The van der Waals surface area contributed by atoms with Crippen LogP contribution in [0.3, 0.4) is 0 Å². The summed E-state index contributed by atoms with van der Waals surface area (Å²) >= 11 is 5.92. The Morgan fingerprint density at radius 1 is 1.15 bits per heavy atom. The van der Waals surface area contributed by atoms with Crippen LogP contribution in [0.4, 0.5) is 0 Å². The van der Waals surface area contributed by atoms with Crippen molar-refractivity contribution in [3.05, 3.63) is 77.3 Å². The van der Waals surface area contributed by atoms with Gasteiger partial charge in [0, 0.05) is 23.4 Å². The fourth-order valence-electron chi connectivity index (χ4n) is 2.76. The summed E-state index contributed by atoms with van der Waals surface area (Å²) in [6.07, 6.45) is 3.31. The summed E-state index contributed by atoms with van der Waals surface area (Å²) in [7, 11) is 0. The van der Waals surface area contributed by atoms with Crippen molar-refractivity contribution in [3.8, 4) is 11.3 Å². The zero-order valence-electron chi connectivity index (χ0n) is 14.6. The van der Waals surface area contributed by atoms with Gasteiger partial charge in [-0.15, -0.1) is 0 Å². The van der Waals surface area contributed by atoms with Gasteiger partial charge in [0.05, 0.1) is 12.2 Å². The smallest absolute Gasteiger partial charge is 0.220 e. The van der Waals surface area contributed by atoms with Gasteiger partial charge in [0.1, 0.15) is 0 Å². The Balaban J connectivity index is 1.55. The molecule has 0 radical (unpaired) electrons. The summed E-state index contributed by atoms with van der Waals surface area (Å²) in [5, 5.41) is 3.75. The van der Waals surface area contributed by atoms with Crippen LogP contribution < -0.4 is 5.32 Å². The van der Waals surface area contributed by atoms with E-state index in [1.807, 2.05) is 61.5 Å². The number of nitrogens with zero attached hydrogens (tertiary/aromatic N) is 1. The number of hydrogen-bond acceptors (Lipinski definition) is 3. The molecule has 3 rings (SSSR count). The second-order valence-electron chi connectivity index (χ2n) is 6.06. The first kappa shape index (κ1) is 18.2. The fraction of sp³-hybridized carbons (Fsp3) is 0.238. The van der Waals surface area contributed by atoms with Crippen LogP contribution in [0.15, 0.2) is 65.2 Å².